The van der Waals surface area contributed by atoms with Crippen molar-refractivity contribution in [2.24, 2.45) is 0 Å². The number of nitrogens with one attached hydrogen (secondary N) is 2. The Labute approximate surface area is 176 Å². The van der Waals surface area contributed by atoms with Crippen molar-refractivity contribution in [3.05, 3.63) is 64.8 Å². The fourth-order valence-electron chi connectivity index (χ4n) is 4.12. The number of nitrogens with zero attached hydrogens (tertiary/aromatic N) is 1. The molecule has 0 radical (unpaired) electrons. The minimum atomic E-state index is 0.635. The number of hydrogen-bond donors (Lipinski definition) is 2. The first-order valence-corrected chi connectivity index (χ1v) is 10.5. The van der Waals surface area contributed by atoms with Crippen molar-refractivity contribution in [2.45, 2.75) is 13.1 Å². The normalized spacial score (nSPS) is 19.3. The van der Waals surface area contributed by atoms with Gasteiger partial charge in [0, 0.05) is 16.5 Å². The summed E-state index contributed by atoms with van der Waals surface area (Å²) in [6.07, 6.45) is 0. The van der Waals surface area contributed by atoms with Gasteiger partial charge in [-0.3, -0.25) is 0 Å². The number of hydrogen-bond acceptors (Lipinski definition) is 3. The molecular formula is C23H28ClN3O2+2. The minimum Gasteiger partial charge on any atom is -0.493 e. The SMILES string of the molecule is COc1ccc(C[NH+]2CC[NH+](Cc3cc4ccccc4nc3Cl)CC2)cc1OC. The van der Waals surface area contributed by atoms with Crippen molar-refractivity contribution in [3.8, 4) is 11.5 Å². The van der Waals surface area contributed by atoms with Crippen molar-refractivity contribution in [3.63, 3.8) is 0 Å². The predicted octanol–water partition coefficient (Wildman–Crippen LogP) is 1.39. The molecular weight excluding hydrogens is 386 g/mol. The average Bonchev–Trinajstić information content (AvgIpc) is 2.75. The Morgan fingerprint density at radius 1 is 0.862 bits per heavy atom. The van der Waals surface area contributed by atoms with E-state index in [-0.39, 0.29) is 0 Å². The van der Waals surface area contributed by atoms with Crippen molar-refractivity contribution < 1.29 is 19.3 Å². The van der Waals surface area contributed by atoms with Gasteiger partial charge in [-0.1, -0.05) is 29.8 Å². The highest BCUT2D eigenvalue weighted by Crippen LogP contribution is 2.27. The van der Waals surface area contributed by atoms with E-state index in [0.29, 0.717) is 5.15 Å². The fourth-order valence-corrected chi connectivity index (χ4v) is 4.33. The van der Waals surface area contributed by atoms with E-state index in [1.807, 2.05) is 24.3 Å². The molecule has 29 heavy (non-hydrogen) atoms. The Morgan fingerprint density at radius 2 is 1.55 bits per heavy atom. The molecule has 0 unspecified atom stereocenters. The largest absolute Gasteiger partial charge is 0.493 e. The van der Waals surface area contributed by atoms with E-state index in [4.69, 9.17) is 21.1 Å². The number of halogens is 1. The number of methoxy groups -OCH3 is 2. The summed E-state index contributed by atoms with van der Waals surface area (Å²) in [5.41, 5.74) is 3.38. The van der Waals surface area contributed by atoms with Crippen molar-refractivity contribution in [1.29, 1.82) is 0 Å². The lowest BCUT2D eigenvalue weighted by molar-refractivity contribution is -1.02. The standard InChI is InChI=1S/C23H26ClN3O2/c1-28-21-8-7-17(13-22(21)29-2)15-26-9-11-27(12-10-26)16-19-14-18-5-3-4-6-20(18)25-23(19)24/h3-8,13-14H,9-12,15-16H2,1-2H3/p+2. The molecule has 4 rings (SSSR count). The third kappa shape index (κ3) is 4.64. The minimum absolute atomic E-state index is 0.635. The number of piperazine rings is 1. The van der Waals surface area contributed by atoms with Crippen LogP contribution in [-0.4, -0.2) is 45.4 Å². The zero-order valence-corrected chi connectivity index (χ0v) is 17.8. The van der Waals surface area contributed by atoms with Crippen molar-refractivity contribution in [1.82, 2.24) is 4.98 Å². The second-order valence-corrected chi connectivity index (χ2v) is 8.03. The molecule has 152 valence electrons. The lowest BCUT2D eigenvalue weighted by atomic mass is 10.1. The van der Waals surface area contributed by atoms with E-state index in [2.05, 4.69) is 29.2 Å². The molecule has 5 nitrogen and oxygen atoms in total. The Morgan fingerprint density at radius 3 is 2.28 bits per heavy atom. The average molecular weight is 414 g/mol. The summed E-state index contributed by atoms with van der Waals surface area (Å²) in [5.74, 6) is 1.58. The van der Waals surface area contributed by atoms with Crippen LogP contribution in [0.3, 0.4) is 0 Å². The zero-order valence-electron chi connectivity index (χ0n) is 17.0. The van der Waals surface area contributed by atoms with Crippen LogP contribution in [0.2, 0.25) is 5.15 Å². The number of rotatable bonds is 6. The molecule has 1 aromatic heterocycles. The second kappa shape index (κ2) is 8.99. The van der Waals surface area contributed by atoms with Crippen LogP contribution < -0.4 is 19.3 Å². The molecule has 0 amide bonds. The highest BCUT2D eigenvalue weighted by atomic mass is 35.5. The summed E-state index contributed by atoms with van der Waals surface area (Å²) in [5, 5.41) is 1.79. The van der Waals surface area contributed by atoms with E-state index in [1.54, 1.807) is 24.0 Å². The maximum atomic E-state index is 6.46. The number of quaternary nitrogens is 2. The van der Waals surface area contributed by atoms with Crippen LogP contribution in [-0.2, 0) is 13.1 Å². The smallest absolute Gasteiger partial charge is 0.161 e. The van der Waals surface area contributed by atoms with Gasteiger partial charge in [0.25, 0.3) is 0 Å². The maximum absolute atomic E-state index is 6.46. The quantitative estimate of drug-likeness (QED) is 0.600. The highest BCUT2D eigenvalue weighted by Gasteiger charge is 2.24. The van der Waals surface area contributed by atoms with Crippen LogP contribution in [0, 0.1) is 0 Å². The molecule has 2 aromatic carbocycles. The van der Waals surface area contributed by atoms with Gasteiger partial charge < -0.3 is 19.3 Å². The first-order valence-electron chi connectivity index (χ1n) is 10.1. The number of aromatic nitrogens is 1. The van der Waals surface area contributed by atoms with E-state index >= 15 is 0 Å². The summed E-state index contributed by atoms with van der Waals surface area (Å²) in [6.45, 7) is 6.48. The molecule has 1 aliphatic heterocycles. The number of fused-ring (bicyclic) bond motifs is 1. The Kier molecular flexibility index (Phi) is 6.19. The van der Waals surface area contributed by atoms with Crippen LogP contribution >= 0.6 is 11.6 Å². The van der Waals surface area contributed by atoms with Crippen LogP contribution in [0.4, 0.5) is 0 Å². The molecule has 0 aliphatic carbocycles. The molecule has 1 fully saturated rings. The number of benzene rings is 2. The van der Waals surface area contributed by atoms with Crippen LogP contribution in [0.25, 0.3) is 10.9 Å². The van der Waals surface area contributed by atoms with Gasteiger partial charge >= 0.3 is 0 Å². The first-order chi connectivity index (χ1) is 14.2. The lowest BCUT2D eigenvalue weighted by Crippen LogP contribution is -3.27. The first kappa shape index (κ1) is 20.0. The molecule has 0 bridgehead atoms. The maximum Gasteiger partial charge on any atom is 0.161 e. The topological polar surface area (TPSA) is 40.2 Å². The molecule has 1 saturated heterocycles. The van der Waals surface area contributed by atoms with Crippen LogP contribution in [0.1, 0.15) is 11.1 Å². The molecule has 1 aliphatic rings. The van der Waals surface area contributed by atoms with E-state index in [9.17, 15) is 0 Å². The lowest BCUT2D eigenvalue weighted by Gasteiger charge is -2.30. The third-order valence-corrected chi connectivity index (χ3v) is 6.08. The monoisotopic (exact) mass is 413 g/mol. The molecule has 0 spiro atoms. The highest BCUT2D eigenvalue weighted by molar-refractivity contribution is 6.30. The van der Waals surface area contributed by atoms with Crippen molar-refractivity contribution in [2.75, 3.05) is 40.4 Å². The summed E-state index contributed by atoms with van der Waals surface area (Å²) in [6, 6.07) is 16.6. The summed E-state index contributed by atoms with van der Waals surface area (Å²) < 4.78 is 10.8. The molecule has 2 N–H and O–H groups in total. The Balaban J connectivity index is 1.36. The van der Waals surface area contributed by atoms with Gasteiger partial charge in [0.1, 0.15) is 44.4 Å². The Hall–Kier alpha value is -2.34. The third-order valence-electron chi connectivity index (χ3n) is 5.76. The van der Waals surface area contributed by atoms with Crippen LogP contribution in [0.15, 0.2) is 48.5 Å². The number of ether oxygens (including phenoxy) is 2. The van der Waals surface area contributed by atoms with Gasteiger partial charge in [-0.15, -0.1) is 0 Å². The van der Waals surface area contributed by atoms with Crippen LogP contribution in [0.5, 0.6) is 11.5 Å². The van der Waals surface area contributed by atoms with E-state index in [0.717, 1.165) is 67.2 Å². The number of pyridine rings is 1. The summed E-state index contributed by atoms with van der Waals surface area (Å²) >= 11 is 6.46. The van der Waals surface area contributed by atoms with Gasteiger partial charge in [-0.05, 0) is 30.3 Å². The van der Waals surface area contributed by atoms with Gasteiger partial charge in [0.15, 0.2) is 11.5 Å². The number of para-hydroxylation sites is 1. The summed E-state index contributed by atoms with van der Waals surface area (Å²) in [4.78, 5) is 7.74. The second-order valence-electron chi connectivity index (χ2n) is 7.67. The zero-order chi connectivity index (χ0) is 20.2. The van der Waals surface area contributed by atoms with E-state index in [1.165, 1.54) is 5.56 Å². The van der Waals surface area contributed by atoms with E-state index < -0.39 is 0 Å². The predicted molar refractivity (Wildman–Crippen MR) is 115 cm³/mol. The summed E-state index contributed by atoms with van der Waals surface area (Å²) in [7, 11) is 3.35. The van der Waals surface area contributed by atoms with Gasteiger partial charge in [0.05, 0.1) is 19.7 Å². The van der Waals surface area contributed by atoms with Crippen molar-refractivity contribution >= 4 is 22.5 Å². The molecule has 2 heterocycles. The van der Waals surface area contributed by atoms with Gasteiger partial charge in [0.2, 0.25) is 0 Å². The van der Waals surface area contributed by atoms with Gasteiger partial charge in [-0.2, -0.15) is 0 Å². The molecule has 6 heteroatoms. The molecule has 3 aromatic rings. The van der Waals surface area contributed by atoms with Gasteiger partial charge in [-0.25, -0.2) is 4.98 Å². The molecule has 0 atom stereocenters. The Bertz CT molecular complexity index is 987. The molecule has 0 saturated carbocycles. The fraction of sp³-hybridized carbons (Fsp3) is 0.348.